The SMILES string of the molecule is CCCNc1cnc(C(=O)NCc2nn[nH]n2)cn1. The van der Waals surface area contributed by atoms with Gasteiger partial charge in [-0.25, -0.2) is 9.97 Å². The second-order valence-electron chi connectivity index (χ2n) is 3.72. The number of carbonyl (C=O) groups is 1. The molecule has 0 aliphatic carbocycles. The average molecular weight is 262 g/mol. The third kappa shape index (κ3) is 3.69. The molecule has 0 aromatic carbocycles. The Bertz CT molecular complexity index is 509. The quantitative estimate of drug-likeness (QED) is 0.655. The zero-order valence-electron chi connectivity index (χ0n) is 10.4. The van der Waals surface area contributed by atoms with Crippen molar-refractivity contribution in [2.45, 2.75) is 19.9 Å². The van der Waals surface area contributed by atoms with Crippen LogP contribution in [0.15, 0.2) is 12.4 Å². The van der Waals surface area contributed by atoms with Gasteiger partial charge in [-0.05, 0) is 6.42 Å². The lowest BCUT2D eigenvalue weighted by Gasteiger charge is -2.04. The Labute approximate surface area is 109 Å². The maximum absolute atomic E-state index is 11.7. The Morgan fingerprint density at radius 2 is 2.26 bits per heavy atom. The van der Waals surface area contributed by atoms with Crippen molar-refractivity contribution in [3.05, 3.63) is 23.9 Å². The van der Waals surface area contributed by atoms with Crippen LogP contribution in [0.4, 0.5) is 5.82 Å². The van der Waals surface area contributed by atoms with Gasteiger partial charge in [0.15, 0.2) is 5.82 Å². The van der Waals surface area contributed by atoms with Crippen molar-refractivity contribution in [1.29, 1.82) is 0 Å². The lowest BCUT2D eigenvalue weighted by atomic mass is 10.4. The van der Waals surface area contributed by atoms with Gasteiger partial charge >= 0.3 is 0 Å². The topological polar surface area (TPSA) is 121 Å². The predicted octanol–water partition coefficient (Wildman–Crippen LogP) is -0.258. The largest absolute Gasteiger partial charge is 0.369 e. The van der Waals surface area contributed by atoms with E-state index in [9.17, 15) is 4.79 Å². The Hall–Kier alpha value is -2.58. The molecule has 9 nitrogen and oxygen atoms in total. The van der Waals surface area contributed by atoms with Gasteiger partial charge in [-0.15, -0.1) is 10.2 Å². The van der Waals surface area contributed by atoms with Gasteiger partial charge in [0, 0.05) is 6.54 Å². The molecule has 0 unspecified atom stereocenters. The summed E-state index contributed by atoms with van der Waals surface area (Å²) >= 11 is 0. The van der Waals surface area contributed by atoms with Gasteiger partial charge in [-0.1, -0.05) is 12.1 Å². The standard InChI is InChI=1S/C10H14N8O/c1-2-3-11-8-5-12-7(4-13-8)10(19)14-6-9-15-17-18-16-9/h4-5H,2-3,6H2,1H3,(H,11,13)(H,14,19)(H,15,16,17,18). The Balaban J connectivity index is 1.88. The smallest absolute Gasteiger partial charge is 0.271 e. The summed E-state index contributed by atoms with van der Waals surface area (Å²) in [5, 5.41) is 18.8. The molecule has 0 aliphatic rings. The Morgan fingerprint density at radius 3 is 2.89 bits per heavy atom. The fourth-order valence-electron chi connectivity index (χ4n) is 1.30. The first-order valence-electron chi connectivity index (χ1n) is 5.86. The lowest BCUT2D eigenvalue weighted by molar-refractivity contribution is 0.0944. The third-order valence-electron chi connectivity index (χ3n) is 2.24. The molecule has 2 aromatic heterocycles. The van der Waals surface area contributed by atoms with E-state index in [2.05, 4.69) is 48.1 Å². The number of hydrogen-bond donors (Lipinski definition) is 3. The summed E-state index contributed by atoms with van der Waals surface area (Å²) in [7, 11) is 0. The molecule has 9 heteroatoms. The number of aromatic amines is 1. The van der Waals surface area contributed by atoms with E-state index in [0.717, 1.165) is 13.0 Å². The first-order valence-corrected chi connectivity index (χ1v) is 5.86. The van der Waals surface area contributed by atoms with Crippen molar-refractivity contribution in [2.24, 2.45) is 0 Å². The maximum atomic E-state index is 11.7. The van der Waals surface area contributed by atoms with Gasteiger partial charge in [0.2, 0.25) is 0 Å². The number of aromatic nitrogens is 6. The van der Waals surface area contributed by atoms with E-state index in [1.807, 2.05) is 0 Å². The molecule has 0 saturated heterocycles. The zero-order chi connectivity index (χ0) is 13.5. The number of anilines is 1. The van der Waals surface area contributed by atoms with Gasteiger partial charge < -0.3 is 10.6 Å². The molecule has 3 N–H and O–H groups in total. The molecule has 2 rings (SSSR count). The Kier molecular flexibility index (Phi) is 4.32. The third-order valence-corrected chi connectivity index (χ3v) is 2.24. The van der Waals surface area contributed by atoms with Crippen LogP contribution in [0.1, 0.15) is 29.7 Å². The second-order valence-corrected chi connectivity index (χ2v) is 3.72. The monoisotopic (exact) mass is 262 g/mol. The van der Waals surface area contributed by atoms with Crippen LogP contribution in [0.5, 0.6) is 0 Å². The van der Waals surface area contributed by atoms with E-state index >= 15 is 0 Å². The summed E-state index contributed by atoms with van der Waals surface area (Å²) in [5.74, 6) is 0.721. The van der Waals surface area contributed by atoms with E-state index < -0.39 is 0 Å². The summed E-state index contributed by atoms with van der Waals surface area (Å²) in [6.45, 7) is 3.06. The normalized spacial score (nSPS) is 10.2. The highest BCUT2D eigenvalue weighted by atomic mass is 16.1. The fourth-order valence-corrected chi connectivity index (χ4v) is 1.30. The fraction of sp³-hybridized carbons (Fsp3) is 0.400. The molecular weight excluding hydrogens is 248 g/mol. The van der Waals surface area contributed by atoms with Crippen molar-refractivity contribution >= 4 is 11.7 Å². The number of nitrogens with zero attached hydrogens (tertiary/aromatic N) is 5. The molecule has 2 aromatic rings. The van der Waals surface area contributed by atoms with Crippen LogP contribution >= 0.6 is 0 Å². The number of amides is 1. The summed E-state index contributed by atoms with van der Waals surface area (Å²) in [6.07, 6.45) is 3.94. The summed E-state index contributed by atoms with van der Waals surface area (Å²) in [6, 6.07) is 0. The van der Waals surface area contributed by atoms with Gasteiger partial charge in [0.1, 0.15) is 11.5 Å². The molecular formula is C10H14N8O. The minimum atomic E-state index is -0.334. The molecule has 1 amide bonds. The van der Waals surface area contributed by atoms with E-state index in [1.54, 1.807) is 0 Å². The molecule has 2 heterocycles. The molecule has 0 fully saturated rings. The first-order chi connectivity index (χ1) is 9.29. The van der Waals surface area contributed by atoms with E-state index in [4.69, 9.17) is 0 Å². The van der Waals surface area contributed by atoms with Crippen molar-refractivity contribution in [2.75, 3.05) is 11.9 Å². The summed E-state index contributed by atoms with van der Waals surface area (Å²) < 4.78 is 0. The van der Waals surface area contributed by atoms with Crippen LogP contribution in [0.2, 0.25) is 0 Å². The maximum Gasteiger partial charge on any atom is 0.271 e. The highest BCUT2D eigenvalue weighted by molar-refractivity contribution is 5.91. The number of hydrogen-bond acceptors (Lipinski definition) is 7. The molecule has 0 spiro atoms. The number of tetrazole rings is 1. The van der Waals surface area contributed by atoms with Crippen LogP contribution in [0, 0.1) is 0 Å². The minimum Gasteiger partial charge on any atom is -0.369 e. The summed E-state index contributed by atoms with van der Waals surface area (Å²) in [4.78, 5) is 19.9. The van der Waals surface area contributed by atoms with Crippen molar-refractivity contribution in [3.63, 3.8) is 0 Å². The van der Waals surface area contributed by atoms with E-state index in [0.29, 0.717) is 11.6 Å². The highest BCUT2D eigenvalue weighted by Crippen LogP contribution is 2.01. The number of nitrogens with one attached hydrogen (secondary N) is 3. The second kappa shape index (κ2) is 6.38. The van der Waals surface area contributed by atoms with Crippen molar-refractivity contribution in [1.82, 2.24) is 35.9 Å². The molecule has 0 radical (unpaired) electrons. The predicted molar refractivity (Wildman–Crippen MR) is 66.2 cm³/mol. The number of rotatable bonds is 6. The molecule has 0 bridgehead atoms. The van der Waals surface area contributed by atoms with Crippen LogP contribution in [0.3, 0.4) is 0 Å². The Morgan fingerprint density at radius 1 is 1.37 bits per heavy atom. The molecule has 0 saturated carbocycles. The molecule has 0 atom stereocenters. The van der Waals surface area contributed by atoms with Crippen LogP contribution in [-0.2, 0) is 6.54 Å². The van der Waals surface area contributed by atoms with Gasteiger partial charge in [-0.2, -0.15) is 5.21 Å². The zero-order valence-corrected chi connectivity index (χ0v) is 10.4. The number of carbonyl (C=O) groups excluding carboxylic acids is 1. The number of H-pyrrole nitrogens is 1. The van der Waals surface area contributed by atoms with Crippen LogP contribution in [0.25, 0.3) is 0 Å². The minimum absolute atomic E-state index is 0.187. The van der Waals surface area contributed by atoms with Crippen LogP contribution < -0.4 is 10.6 Å². The molecule has 100 valence electrons. The lowest BCUT2D eigenvalue weighted by Crippen LogP contribution is -2.24. The van der Waals surface area contributed by atoms with Gasteiger partial charge in [-0.3, -0.25) is 4.79 Å². The molecule has 0 aliphatic heterocycles. The van der Waals surface area contributed by atoms with Crippen molar-refractivity contribution < 1.29 is 4.79 Å². The summed E-state index contributed by atoms with van der Waals surface area (Å²) in [5.41, 5.74) is 0.241. The van der Waals surface area contributed by atoms with Crippen molar-refractivity contribution in [3.8, 4) is 0 Å². The van der Waals surface area contributed by atoms with E-state index in [1.165, 1.54) is 12.4 Å². The molecule has 19 heavy (non-hydrogen) atoms. The van der Waals surface area contributed by atoms with E-state index in [-0.39, 0.29) is 18.1 Å². The van der Waals surface area contributed by atoms with Gasteiger partial charge in [0.05, 0.1) is 18.9 Å². The first kappa shape index (κ1) is 12.9. The van der Waals surface area contributed by atoms with Gasteiger partial charge in [0.25, 0.3) is 5.91 Å². The average Bonchev–Trinajstić information content (AvgIpc) is 2.96. The highest BCUT2D eigenvalue weighted by Gasteiger charge is 2.08. The van der Waals surface area contributed by atoms with Crippen LogP contribution in [-0.4, -0.2) is 43.0 Å².